The van der Waals surface area contributed by atoms with Gasteiger partial charge in [0.15, 0.2) is 0 Å². The molecule has 1 fully saturated rings. The van der Waals surface area contributed by atoms with E-state index in [0.29, 0.717) is 16.1 Å². The third-order valence-electron chi connectivity index (χ3n) is 3.39. The molecule has 5 heteroatoms. The van der Waals surface area contributed by atoms with Crippen LogP contribution in [0.4, 0.5) is 4.39 Å². The zero-order valence-electron chi connectivity index (χ0n) is 10.2. The van der Waals surface area contributed by atoms with Gasteiger partial charge in [-0.2, -0.15) is 0 Å². The van der Waals surface area contributed by atoms with Gasteiger partial charge in [0.1, 0.15) is 11.9 Å². The molecule has 1 saturated heterocycles. The Bertz CT molecular complexity index is 671. The molecule has 1 aliphatic heterocycles. The molecule has 1 heterocycles. The fraction of sp³-hybridized carbons (Fsp3) is 0.133. The van der Waals surface area contributed by atoms with E-state index in [4.69, 9.17) is 16.3 Å². The Hall–Kier alpha value is -1.91. The second-order valence-corrected chi connectivity index (χ2v) is 4.97. The van der Waals surface area contributed by atoms with Crippen molar-refractivity contribution < 1.29 is 19.0 Å². The van der Waals surface area contributed by atoms with E-state index in [1.807, 2.05) is 0 Å². The fourth-order valence-corrected chi connectivity index (χ4v) is 2.56. The van der Waals surface area contributed by atoms with E-state index in [1.165, 1.54) is 24.3 Å². The first-order chi connectivity index (χ1) is 9.55. The molecular formula is C15H10ClFO3. The van der Waals surface area contributed by atoms with Crippen LogP contribution in [0, 0.1) is 5.82 Å². The molecule has 20 heavy (non-hydrogen) atoms. The summed E-state index contributed by atoms with van der Waals surface area (Å²) in [6.07, 6.45) is -0.667. The number of benzene rings is 2. The van der Waals surface area contributed by atoms with Gasteiger partial charge in [-0.1, -0.05) is 41.9 Å². The predicted octanol–water partition coefficient (Wildman–Crippen LogP) is 3.53. The Balaban J connectivity index is 2.03. The van der Waals surface area contributed by atoms with E-state index in [-0.39, 0.29) is 0 Å². The zero-order chi connectivity index (χ0) is 14.3. The number of aliphatic carboxylic acids is 1. The average Bonchev–Trinajstić information content (AvgIpc) is 3.17. The molecule has 3 rings (SSSR count). The van der Waals surface area contributed by atoms with E-state index >= 15 is 0 Å². The predicted molar refractivity (Wildman–Crippen MR) is 71.0 cm³/mol. The summed E-state index contributed by atoms with van der Waals surface area (Å²) in [5.74, 6) is -1.54. The maximum Gasteiger partial charge on any atom is 0.343 e. The number of carboxylic acid groups (broad SMARTS) is 1. The van der Waals surface area contributed by atoms with Crippen molar-refractivity contribution in [1.29, 1.82) is 0 Å². The normalized spacial score (nSPS) is 24.4. The van der Waals surface area contributed by atoms with E-state index in [2.05, 4.69) is 0 Å². The standard InChI is InChI=1S/C15H10ClFO3/c16-12-4-2-1-3-11(12)13-15(20-13,14(18)19)9-5-7-10(17)8-6-9/h1-8,13H,(H,18,19). The topological polar surface area (TPSA) is 49.8 Å². The molecule has 0 aliphatic carbocycles. The number of halogens is 2. The van der Waals surface area contributed by atoms with Gasteiger partial charge in [0, 0.05) is 10.6 Å². The number of rotatable bonds is 3. The molecule has 2 aromatic rings. The second kappa shape index (κ2) is 4.58. The minimum Gasteiger partial charge on any atom is -0.479 e. The average molecular weight is 293 g/mol. The Kier molecular flexibility index (Phi) is 3.00. The largest absolute Gasteiger partial charge is 0.479 e. The summed E-state index contributed by atoms with van der Waals surface area (Å²) in [4.78, 5) is 11.6. The molecule has 102 valence electrons. The number of epoxide rings is 1. The van der Waals surface area contributed by atoms with E-state index in [9.17, 15) is 14.3 Å². The van der Waals surface area contributed by atoms with Gasteiger partial charge in [0.2, 0.25) is 5.60 Å². The van der Waals surface area contributed by atoms with Crippen LogP contribution in [0.3, 0.4) is 0 Å². The van der Waals surface area contributed by atoms with Crippen LogP contribution in [0.2, 0.25) is 5.02 Å². The molecule has 1 aliphatic rings. The zero-order valence-corrected chi connectivity index (χ0v) is 11.0. The molecule has 0 aromatic heterocycles. The highest BCUT2D eigenvalue weighted by Gasteiger charge is 2.65. The highest BCUT2D eigenvalue weighted by Crippen LogP contribution is 2.58. The molecule has 0 spiro atoms. The highest BCUT2D eigenvalue weighted by molar-refractivity contribution is 6.31. The first-order valence-electron chi connectivity index (χ1n) is 5.97. The Morgan fingerprint density at radius 3 is 2.45 bits per heavy atom. The number of hydrogen-bond acceptors (Lipinski definition) is 2. The summed E-state index contributed by atoms with van der Waals surface area (Å²) in [6, 6.07) is 12.2. The number of carbonyl (C=O) groups is 1. The SMILES string of the molecule is O=C(O)C1(c2ccc(F)cc2)OC1c1ccccc1Cl. The number of carboxylic acids is 1. The summed E-state index contributed by atoms with van der Waals surface area (Å²) in [6.45, 7) is 0. The van der Waals surface area contributed by atoms with Crippen molar-refractivity contribution in [2.75, 3.05) is 0 Å². The minimum absolute atomic E-state index is 0.399. The van der Waals surface area contributed by atoms with Crippen LogP contribution in [0.15, 0.2) is 48.5 Å². The highest BCUT2D eigenvalue weighted by atomic mass is 35.5. The second-order valence-electron chi connectivity index (χ2n) is 4.57. The van der Waals surface area contributed by atoms with Crippen LogP contribution in [0.5, 0.6) is 0 Å². The van der Waals surface area contributed by atoms with E-state index in [1.54, 1.807) is 24.3 Å². The Morgan fingerprint density at radius 1 is 1.20 bits per heavy atom. The summed E-state index contributed by atoms with van der Waals surface area (Å²) < 4.78 is 18.4. The first kappa shape index (κ1) is 13.1. The molecular weight excluding hydrogens is 283 g/mol. The molecule has 2 unspecified atom stereocenters. The van der Waals surface area contributed by atoms with Crippen LogP contribution in [-0.4, -0.2) is 11.1 Å². The third-order valence-corrected chi connectivity index (χ3v) is 3.74. The van der Waals surface area contributed by atoms with Crippen molar-refractivity contribution in [3.05, 3.63) is 70.5 Å². The van der Waals surface area contributed by atoms with Crippen LogP contribution >= 0.6 is 11.6 Å². The number of hydrogen-bond donors (Lipinski definition) is 1. The monoisotopic (exact) mass is 292 g/mol. The van der Waals surface area contributed by atoms with Crippen molar-refractivity contribution in [3.8, 4) is 0 Å². The molecule has 1 N–H and O–H groups in total. The molecule has 0 radical (unpaired) electrons. The molecule has 2 atom stereocenters. The van der Waals surface area contributed by atoms with E-state index in [0.717, 1.165) is 0 Å². The van der Waals surface area contributed by atoms with Gasteiger partial charge in [-0.05, 0) is 23.8 Å². The first-order valence-corrected chi connectivity index (χ1v) is 6.35. The van der Waals surface area contributed by atoms with Crippen LogP contribution < -0.4 is 0 Å². The summed E-state index contributed by atoms with van der Waals surface area (Å²) >= 11 is 6.07. The van der Waals surface area contributed by atoms with Crippen molar-refractivity contribution in [3.63, 3.8) is 0 Å². The number of ether oxygens (including phenoxy) is 1. The van der Waals surface area contributed by atoms with Crippen molar-refractivity contribution >= 4 is 17.6 Å². The van der Waals surface area contributed by atoms with Gasteiger partial charge in [-0.3, -0.25) is 0 Å². The van der Waals surface area contributed by atoms with Crippen molar-refractivity contribution in [1.82, 2.24) is 0 Å². The molecule has 2 aromatic carbocycles. The Labute approximate surface area is 119 Å². The van der Waals surface area contributed by atoms with Crippen molar-refractivity contribution in [2.45, 2.75) is 11.7 Å². The Morgan fingerprint density at radius 2 is 1.85 bits per heavy atom. The van der Waals surface area contributed by atoms with Gasteiger partial charge >= 0.3 is 5.97 Å². The molecule has 0 amide bonds. The van der Waals surface area contributed by atoms with Gasteiger partial charge in [-0.15, -0.1) is 0 Å². The summed E-state index contributed by atoms with van der Waals surface area (Å²) in [7, 11) is 0. The van der Waals surface area contributed by atoms with Gasteiger partial charge < -0.3 is 9.84 Å². The molecule has 3 nitrogen and oxygen atoms in total. The summed E-state index contributed by atoms with van der Waals surface area (Å²) in [5, 5.41) is 9.93. The van der Waals surface area contributed by atoms with Crippen molar-refractivity contribution in [2.24, 2.45) is 0 Å². The minimum atomic E-state index is -1.49. The van der Waals surface area contributed by atoms with E-state index < -0.39 is 23.5 Å². The lowest BCUT2D eigenvalue weighted by Gasteiger charge is -2.09. The summed E-state index contributed by atoms with van der Waals surface area (Å²) in [5.41, 5.74) is -0.476. The maximum atomic E-state index is 13.0. The molecule has 0 saturated carbocycles. The lowest BCUT2D eigenvalue weighted by molar-refractivity contribution is -0.143. The lowest BCUT2D eigenvalue weighted by Crippen LogP contribution is -2.22. The van der Waals surface area contributed by atoms with Crippen LogP contribution in [0.1, 0.15) is 17.2 Å². The van der Waals surface area contributed by atoms with Crippen LogP contribution in [0.25, 0.3) is 0 Å². The smallest absolute Gasteiger partial charge is 0.343 e. The maximum absolute atomic E-state index is 13.0. The van der Waals surface area contributed by atoms with Gasteiger partial charge in [0.25, 0.3) is 0 Å². The van der Waals surface area contributed by atoms with Crippen LogP contribution in [-0.2, 0) is 15.1 Å². The lowest BCUT2D eigenvalue weighted by atomic mass is 9.92. The van der Waals surface area contributed by atoms with Gasteiger partial charge in [-0.25, -0.2) is 9.18 Å². The van der Waals surface area contributed by atoms with Gasteiger partial charge in [0.05, 0.1) is 0 Å². The molecule has 0 bridgehead atoms. The fourth-order valence-electron chi connectivity index (χ4n) is 2.33. The third kappa shape index (κ3) is 1.88. The quantitative estimate of drug-likeness (QED) is 0.881.